The summed E-state index contributed by atoms with van der Waals surface area (Å²) in [6.45, 7) is 4.67. The highest BCUT2D eigenvalue weighted by Gasteiger charge is 2.08. The molecule has 0 aliphatic carbocycles. The number of nitrogens with one attached hydrogen (secondary N) is 1. The number of nitrogens with zero attached hydrogens (tertiary/aromatic N) is 1. The lowest BCUT2D eigenvalue weighted by Crippen LogP contribution is -2.19. The van der Waals surface area contributed by atoms with Crippen LogP contribution >= 0.6 is 11.3 Å². The molecule has 4 heteroatoms. The molecular weight excluding hydrogens is 160 g/mol. The number of thiazole rings is 1. The molecule has 0 aromatic carbocycles. The molecule has 0 aliphatic rings. The Labute approximate surface area is 70.1 Å². The highest BCUT2D eigenvalue weighted by molar-refractivity contribution is 7.11. The summed E-state index contributed by atoms with van der Waals surface area (Å²) >= 11 is 1.51. The average molecular weight is 172 g/mol. The second kappa shape index (κ2) is 3.80. The molecule has 0 amide bonds. The SMILES string of the molecule is CCNC(O)c1ncc(C)s1. The summed E-state index contributed by atoms with van der Waals surface area (Å²) in [5.74, 6) is 0. The van der Waals surface area contributed by atoms with Crippen molar-refractivity contribution in [3.63, 3.8) is 0 Å². The topological polar surface area (TPSA) is 45.1 Å². The first kappa shape index (κ1) is 8.64. The Hall–Kier alpha value is -0.450. The third-order valence-corrected chi connectivity index (χ3v) is 2.24. The van der Waals surface area contributed by atoms with Gasteiger partial charge in [0.2, 0.25) is 0 Å². The van der Waals surface area contributed by atoms with Crippen molar-refractivity contribution < 1.29 is 5.11 Å². The van der Waals surface area contributed by atoms with Gasteiger partial charge in [0.05, 0.1) is 0 Å². The summed E-state index contributed by atoms with van der Waals surface area (Å²) in [5.41, 5.74) is 0. The molecule has 0 saturated carbocycles. The van der Waals surface area contributed by atoms with Gasteiger partial charge in [0.15, 0.2) is 6.23 Å². The summed E-state index contributed by atoms with van der Waals surface area (Å²) in [5, 5.41) is 13.0. The fourth-order valence-electron chi connectivity index (χ4n) is 0.779. The molecule has 62 valence electrons. The Balaban J connectivity index is 2.60. The van der Waals surface area contributed by atoms with E-state index in [0.717, 1.165) is 16.4 Å². The predicted octanol–water partition coefficient (Wildman–Crippen LogP) is 1.05. The molecule has 1 aromatic rings. The van der Waals surface area contributed by atoms with Crippen molar-refractivity contribution in [1.82, 2.24) is 10.3 Å². The highest BCUT2D eigenvalue weighted by atomic mass is 32.1. The van der Waals surface area contributed by atoms with Crippen molar-refractivity contribution in [2.24, 2.45) is 0 Å². The Morgan fingerprint density at radius 3 is 3.00 bits per heavy atom. The maximum atomic E-state index is 9.37. The van der Waals surface area contributed by atoms with Gasteiger partial charge in [0, 0.05) is 11.1 Å². The summed E-state index contributed by atoms with van der Waals surface area (Å²) < 4.78 is 0. The molecule has 0 radical (unpaired) electrons. The van der Waals surface area contributed by atoms with Gasteiger partial charge in [-0.1, -0.05) is 6.92 Å². The molecule has 2 N–H and O–H groups in total. The Bertz CT molecular complexity index is 224. The van der Waals surface area contributed by atoms with E-state index in [0.29, 0.717) is 0 Å². The molecule has 1 heterocycles. The molecule has 0 spiro atoms. The monoisotopic (exact) mass is 172 g/mol. The summed E-state index contributed by atoms with van der Waals surface area (Å²) in [6.07, 6.45) is 1.17. The molecular formula is C7H12N2OS. The van der Waals surface area contributed by atoms with Crippen LogP contribution in [0.4, 0.5) is 0 Å². The summed E-state index contributed by atoms with van der Waals surface area (Å²) in [7, 11) is 0. The fourth-order valence-corrected chi connectivity index (χ4v) is 1.51. The maximum absolute atomic E-state index is 9.37. The third kappa shape index (κ3) is 2.25. The molecule has 0 fully saturated rings. The zero-order valence-corrected chi connectivity index (χ0v) is 7.48. The lowest BCUT2D eigenvalue weighted by Gasteiger charge is -2.06. The normalized spacial score (nSPS) is 13.4. The minimum atomic E-state index is -0.598. The second-order valence-electron chi connectivity index (χ2n) is 2.27. The van der Waals surface area contributed by atoms with E-state index >= 15 is 0 Å². The molecule has 3 nitrogen and oxygen atoms in total. The van der Waals surface area contributed by atoms with E-state index in [2.05, 4.69) is 10.3 Å². The van der Waals surface area contributed by atoms with Crippen LogP contribution in [0.15, 0.2) is 6.20 Å². The van der Waals surface area contributed by atoms with Gasteiger partial charge in [-0.15, -0.1) is 11.3 Å². The molecule has 0 aliphatic heterocycles. The maximum Gasteiger partial charge on any atom is 0.157 e. The number of rotatable bonds is 3. The Kier molecular flexibility index (Phi) is 2.99. The van der Waals surface area contributed by atoms with Crippen molar-refractivity contribution >= 4 is 11.3 Å². The fraction of sp³-hybridized carbons (Fsp3) is 0.571. The van der Waals surface area contributed by atoms with Gasteiger partial charge < -0.3 is 5.11 Å². The van der Waals surface area contributed by atoms with Crippen LogP contribution in [0.5, 0.6) is 0 Å². The van der Waals surface area contributed by atoms with Crippen LogP contribution in [0.3, 0.4) is 0 Å². The lowest BCUT2D eigenvalue weighted by atomic mass is 10.5. The number of hydrogen-bond acceptors (Lipinski definition) is 4. The van der Waals surface area contributed by atoms with E-state index in [-0.39, 0.29) is 0 Å². The molecule has 1 aromatic heterocycles. The van der Waals surface area contributed by atoms with Crippen molar-refractivity contribution in [2.75, 3.05) is 6.54 Å². The van der Waals surface area contributed by atoms with Crippen LogP contribution in [0, 0.1) is 6.92 Å². The zero-order chi connectivity index (χ0) is 8.27. The molecule has 11 heavy (non-hydrogen) atoms. The van der Waals surface area contributed by atoms with Crippen LogP contribution in [-0.2, 0) is 0 Å². The second-order valence-corrected chi connectivity index (χ2v) is 3.54. The van der Waals surface area contributed by atoms with Gasteiger partial charge in [0.1, 0.15) is 5.01 Å². The Morgan fingerprint density at radius 2 is 2.55 bits per heavy atom. The van der Waals surface area contributed by atoms with Crippen LogP contribution in [0.1, 0.15) is 23.0 Å². The lowest BCUT2D eigenvalue weighted by molar-refractivity contribution is 0.141. The van der Waals surface area contributed by atoms with Crippen molar-refractivity contribution in [1.29, 1.82) is 0 Å². The van der Waals surface area contributed by atoms with Gasteiger partial charge >= 0.3 is 0 Å². The molecule has 1 atom stereocenters. The van der Waals surface area contributed by atoms with Crippen molar-refractivity contribution in [3.8, 4) is 0 Å². The van der Waals surface area contributed by atoms with Crippen LogP contribution < -0.4 is 5.32 Å². The van der Waals surface area contributed by atoms with Gasteiger partial charge in [-0.3, -0.25) is 5.32 Å². The van der Waals surface area contributed by atoms with Crippen molar-refractivity contribution in [3.05, 3.63) is 16.1 Å². The molecule has 0 saturated heterocycles. The van der Waals surface area contributed by atoms with Crippen LogP contribution in [-0.4, -0.2) is 16.6 Å². The number of aryl methyl sites for hydroxylation is 1. The Morgan fingerprint density at radius 1 is 1.82 bits per heavy atom. The van der Waals surface area contributed by atoms with Gasteiger partial charge in [-0.2, -0.15) is 0 Å². The van der Waals surface area contributed by atoms with Crippen LogP contribution in [0.25, 0.3) is 0 Å². The van der Waals surface area contributed by atoms with E-state index < -0.39 is 6.23 Å². The first-order chi connectivity index (χ1) is 5.24. The number of hydrogen-bond donors (Lipinski definition) is 2. The third-order valence-electron chi connectivity index (χ3n) is 1.27. The quantitative estimate of drug-likeness (QED) is 0.670. The van der Waals surface area contributed by atoms with Crippen molar-refractivity contribution in [2.45, 2.75) is 20.1 Å². The smallest absolute Gasteiger partial charge is 0.157 e. The molecule has 0 bridgehead atoms. The number of aliphatic hydroxyl groups is 1. The molecule has 1 unspecified atom stereocenters. The van der Waals surface area contributed by atoms with Gasteiger partial charge in [-0.25, -0.2) is 4.98 Å². The first-order valence-corrected chi connectivity index (χ1v) is 4.39. The van der Waals surface area contributed by atoms with Gasteiger partial charge in [-0.05, 0) is 13.5 Å². The first-order valence-electron chi connectivity index (χ1n) is 3.57. The van der Waals surface area contributed by atoms with E-state index in [1.807, 2.05) is 13.8 Å². The minimum absolute atomic E-state index is 0.598. The van der Waals surface area contributed by atoms with E-state index in [4.69, 9.17) is 0 Å². The predicted molar refractivity (Wildman–Crippen MR) is 45.5 cm³/mol. The number of aromatic nitrogens is 1. The van der Waals surface area contributed by atoms with Gasteiger partial charge in [0.25, 0.3) is 0 Å². The minimum Gasteiger partial charge on any atom is -0.372 e. The zero-order valence-electron chi connectivity index (χ0n) is 6.66. The largest absolute Gasteiger partial charge is 0.372 e. The highest BCUT2D eigenvalue weighted by Crippen LogP contribution is 2.16. The average Bonchev–Trinajstić information content (AvgIpc) is 2.36. The summed E-state index contributed by atoms with van der Waals surface area (Å²) in [6, 6.07) is 0. The van der Waals surface area contributed by atoms with Crippen LogP contribution in [0.2, 0.25) is 0 Å². The van der Waals surface area contributed by atoms with E-state index in [1.165, 1.54) is 11.3 Å². The van der Waals surface area contributed by atoms with E-state index in [1.54, 1.807) is 6.20 Å². The standard InChI is InChI=1S/C7H12N2OS/c1-3-8-6(10)7-9-4-5(2)11-7/h4,6,8,10H,3H2,1-2H3. The summed E-state index contributed by atoms with van der Waals surface area (Å²) in [4.78, 5) is 5.16. The van der Waals surface area contributed by atoms with E-state index in [9.17, 15) is 5.11 Å². The molecule has 1 rings (SSSR count). The number of aliphatic hydroxyl groups excluding tert-OH is 1.